The molecule has 3 N–H and O–H groups in total. The van der Waals surface area contributed by atoms with Gasteiger partial charge in [-0.05, 0) is 44.1 Å². The highest BCUT2D eigenvalue weighted by molar-refractivity contribution is 5.85. The molecule has 0 aliphatic heterocycles. The van der Waals surface area contributed by atoms with Gasteiger partial charge in [-0.15, -0.1) is 0 Å². The number of hydrogen-bond acceptors (Lipinski definition) is 3. The molecule has 0 aromatic heterocycles. The van der Waals surface area contributed by atoms with Crippen LogP contribution in [0.1, 0.15) is 50.1 Å². The fourth-order valence-corrected chi connectivity index (χ4v) is 2.78. The maximum Gasteiger partial charge on any atom is 0.252 e. The first kappa shape index (κ1) is 15.0. The highest BCUT2D eigenvalue weighted by atomic mass is 16.3. The van der Waals surface area contributed by atoms with Crippen LogP contribution in [0, 0.1) is 0 Å². The summed E-state index contributed by atoms with van der Waals surface area (Å²) in [6, 6.07) is 9.55. The Morgan fingerprint density at radius 2 is 1.90 bits per heavy atom. The summed E-state index contributed by atoms with van der Waals surface area (Å²) in [6.07, 6.45) is 4.18. The Labute approximate surface area is 119 Å². The molecule has 1 atom stereocenters. The fraction of sp³-hybridized carbons (Fsp3) is 0.562. The molecule has 0 radical (unpaired) electrons. The van der Waals surface area contributed by atoms with Crippen molar-refractivity contribution in [3.8, 4) is 0 Å². The van der Waals surface area contributed by atoms with Crippen LogP contribution in [0.15, 0.2) is 30.3 Å². The lowest BCUT2D eigenvalue weighted by molar-refractivity contribution is -0.140. The molecule has 1 saturated carbocycles. The van der Waals surface area contributed by atoms with Gasteiger partial charge in [-0.3, -0.25) is 4.79 Å². The number of aliphatic hydroxyl groups is 2. The van der Waals surface area contributed by atoms with Crippen molar-refractivity contribution in [2.75, 3.05) is 6.61 Å². The second-order valence-electron chi connectivity index (χ2n) is 5.54. The molecular weight excluding hydrogens is 254 g/mol. The highest BCUT2D eigenvalue weighted by Crippen LogP contribution is 2.30. The van der Waals surface area contributed by atoms with E-state index in [-0.39, 0.29) is 18.6 Å². The van der Waals surface area contributed by atoms with Crippen LogP contribution in [0.25, 0.3) is 0 Å². The standard InChI is InChI=1S/C16H23NO3/c18-12-6-9-14(13-7-2-1-3-8-13)17-15(19)16(20)10-4-5-11-16/h1-3,7-8,14,18,20H,4-6,9-12H2,(H,17,19). The summed E-state index contributed by atoms with van der Waals surface area (Å²) in [7, 11) is 0. The van der Waals surface area contributed by atoms with E-state index in [0.717, 1.165) is 18.4 Å². The lowest BCUT2D eigenvalue weighted by atomic mass is 9.97. The minimum atomic E-state index is -1.20. The van der Waals surface area contributed by atoms with Crippen molar-refractivity contribution < 1.29 is 15.0 Å². The Kier molecular flexibility index (Phi) is 5.15. The van der Waals surface area contributed by atoms with E-state index in [1.165, 1.54) is 0 Å². The predicted octanol–water partition coefficient (Wildman–Crippen LogP) is 1.92. The lowest BCUT2D eigenvalue weighted by Gasteiger charge is -2.26. The van der Waals surface area contributed by atoms with Crippen LogP contribution in [0.4, 0.5) is 0 Å². The Hall–Kier alpha value is -1.39. The summed E-state index contributed by atoms with van der Waals surface area (Å²) in [4.78, 5) is 12.3. The molecule has 0 heterocycles. The SMILES string of the molecule is O=C(NC(CCCO)c1ccccc1)C1(O)CCCC1. The van der Waals surface area contributed by atoms with Crippen LogP contribution in [0.2, 0.25) is 0 Å². The van der Waals surface area contributed by atoms with Crippen LogP contribution in [0.3, 0.4) is 0 Å². The van der Waals surface area contributed by atoms with Crippen molar-refractivity contribution in [2.24, 2.45) is 0 Å². The average molecular weight is 277 g/mol. The molecule has 1 amide bonds. The van der Waals surface area contributed by atoms with E-state index in [1.807, 2.05) is 30.3 Å². The number of nitrogens with one attached hydrogen (secondary N) is 1. The molecule has 110 valence electrons. The van der Waals surface area contributed by atoms with E-state index >= 15 is 0 Å². The molecule has 1 aliphatic rings. The number of hydrogen-bond donors (Lipinski definition) is 3. The summed E-state index contributed by atoms with van der Waals surface area (Å²) in [5.74, 6) is -0.276. The van der Waals surface area contributed by atoms with E-state index in [2.05, 4.69) is 5.32 Å². The van der Waals surface area contributed by atoms with Crippen molar-refractivity contribution in [3.63, 3.8) is 0 Å². The van der Waals surface area contributed by atoms with Gasteiger partial charge < -0.3 is 15.5 Å². The molecule has 2 rings (SSSR count). The predicted molar refractivity (Wildman–Crippen MR) is 77.1 cm³/mol. The summed E-state index contributed by atoms with van der Waals surface area (Å²) in [5, 5.41) is 22.3. The third-order valence-corrected chi connectivity index (χ3v) is 4.01. The topological polar surface area (TPSA) is 69.6 Å². The average Bonchev–Trinajstić information content (AvgIpc) is 2.92. The van der Waals surface area contributed by atoms with Crippen molar-refractivity contribution in [3.05, 3.63) is 35.9 Å². The summed E-state index contributed by atoms with van der Waals surface area (Å²) >= 11 is 0. The summed E-state index contributed by atoms with van der Waals surface area (Å²) in [6.45, 7) is 0.101. The molecule has 4 heteroatoms. The van der Waals surface area contributed by atoms with Gasteiger partial charge in [0.15, 0.2) is 0 Å². The summed E-state index contributed by atoms with van der Waals surface area (Å²) in [5.41, 5.74) is -0.192. The number of carbonyl (C=O) groups excluding carboxylic acids is 1. The molecule has 1 unspecified atom stereocenters. The van der Waals surface area contributed by atoms with Crippen molar-refractivity contribution in [1.29, 1.82) is 0 Å². The number of benzene rings is 1. The monoisotopic (exact) mass is 277 g/mol. The van der Waals surface area contributed by atoms with Crippen LogP contribution in [-0.2, 0) is 4.79 Å². The third kappa shape index (κ3) is 3.58. The third-order valence-electron chi connectivity index (χ3n) is 4.01. The van der Waals surface area contributed by atoms with Crippen LogP contribution < -0.4 is 5.32 Å². The highest BCUT2D eigenvalue weighted by Gasteiger charge is 2.39. The Morgan fingerprint density at radius 3 is 2.50 bits per heavy atom. The van der Waals surface area contributed by atoms with Gasteiger partial charge in [0, 0.05) is 6.61 Å². The molecule has 1 aliphatic carbocycles. The van der Waals surface area contributed by atoms with Crippen molar-refractivity contribution in [1.82, 2.24) is 5.32 Å². The zero-order chi connectivity index (χ0) is 14.4. The zero-order valence-electron chi connectivity index (χ0n) is 11.7. The second-order valence-corrected chi connectivity index (χ2v) is 5.54. The number of amides is 1. The number of rotatable bonds is 6. The first-order chi connectivity index (χ1) is 9.65. The fourth-order valence-electron chi connectivity index (χ4n) is 2.78. The maximum atomic E-state index is 12.3. The Balaban J connectivity index is 2.06. The van der Waals surface area contributed by atoms with Crippen molar-refractivity contribution in [2.45, 2.75) is 50.2 Å². The molecule has 0 spiro atoms. The molecule has 1 aromatic rings. The first-order valence-corrected chi connectivity index (χ1v) is 7.35. The maximum absolute atomic E-state index is 12.3. The molecular formula is C16H23NO3. The van der Waals surface area contributed by atoms with Gasteiger partial charge in [-0.2, -0.15) is 0 Å². The normalized spacial score (nSPS) is 18.7. The van der Waals surface area contributed by atoms with Crippen molar-refractivity contribution >= 4 is 5.91 Å². The van der Waals surface area contributed by atoms with Gasteiger partial charge >= 0.3 is 0 Å². The number of carbonyl (C=O) groups is 1. The van der Waals surface area contributed by atoms with Gasteiger partial charge in [0.2, 0.25) is 0 Å². The second kappa shape index (κ2) is 6.86. The van der Waals surface area contributed by atoms with Gasteiger partial charge in [0.1, 0.15) is 5.60 Å². The van der Waals surface area contributed by atoms with E-state index in [0.29, 0.717) is 25.7 Å². The molecule has 0 bridgehead atoms. The van der Waals surface area contributed by atoms with Gasteiger partial charge in [0.25, 0.3) is 5.91 Å². The minimum absolute atomic E-state index is 0.101. The quantitative estimate of drug-likeness (QED) is 0.744. The molecule has 0 saturated heterocycles. The van der Waals surface area contributed by atoms with Crippen LogP contribution in [-0.4, -0.2) is 28.3 Å². The largest absolute Gasteiger partial charge is 0.396 e. The summed E-state index contributed by atoms with van der Waals surface area (Å²) < 4.78 is 0. The van der Waals surface area contributed by atoms with E-state index < -0.39 is 5.60 Å². The molecule has 4 nitrogen and oxygen atoms in total. The van der Waals surface area contributed by atoms with Crippen LogP contribution >= 0.6 is 0 Å². The lowest BCUT2D eigenvalue weighted by Crippen LogP contribution is -2.46. The minimum Gasteiger partial charge on any atom is -0.396 e. The first-order valence-electron chi connectivity index (χ1n) is 7.35. The van der Waals surface area contributed by atoms with E-state index in [4.69, 9.17) is 5.11 Å². The van der Waals surface area contributed by atoms with Gasteiger partial charge in [-0.1, -0.05) is 30.3 Å². The van der Waals surface area contributed by atoms with E-state index in [9.17, 15) is 9.90 Å². The van der Waals surface area contributed by atoms with Gasteiger partial charge in [-0.25, -0.2) is 0 Å². The Bertz CT molecular complexity index is 427. The molecule has 1 fully saturated rings. The van der Waals surface area contributed by atoms with Gasteiger partial charge in [0.05, 0.1) is 6.04 Å². The Morgan fingerprint density at radius 1 is 1.25 bits per heavy atom. The van der Waals surface area contributed by atoms with Crippen LogP contribution in [0.5, 0.6) is 0 Å². The smallest absolute Gasteiger partial charge is 0.252 e. The molecule has 20 heavy (non-hydrogen) atoms. The molecule has 1 aromatic carbocycles. The number of aliphatic hydroxyl groups excluding tert-OH is 1. The zero-order valence-corrected chi connectivity index (χ0v) is 11.7. The van der Waals surface area contributed by atoms with E-state index in [1.54, 1.807) is 0 Å².